The van der Waals surface area contributed by atoms with Crippen LogP contribution in [0.5, 0.6) is 0 Å². The van der Waals surface area contributed by atoms with Gasteiger partial charge >= 0.3 is 0 Å². The second-order valence-electron chi connectivity index (χ2n) is 4.61. The average molecular weight is 255 g/mol. The summed E-state index contributed by atoms with van der Waals surface area (Å²) in [5.41, 5.74) is 2.54. The summed E-state index contributed by atoms with van der Waals surface area (Å²) in [6.07, 6.45) is 1.85. The molecule has 0 amide bonds. The molecular weight excluding hydrogens is 234 g/mol. The molecule has 0 spiro atoms. The standard InChI is InChI=1S/C16H21N3/c1-3-17-12-15-10-7-11-18-16(15)19(2)13-14-8-5-4-6-9-14/h4-11,17H,3,12-13H2,1-2H3. The Morgan fingerprint density at radius 1 is 1.11 bits per heavy atom. The summed E-state index contributed by atoms with van der Waals surface area (Å²) in [6.45, 7) is 4.82. The Bertz CT molecular complexity index is 496. The topological polar surface area (TPSA) is 28.2 Å². The van der Waals surface area contributed by atoms with Crippen molar-refractivity contribution in [3.63, 3.8) is 0 Å². The molecule has 2 rings (SSSR count). The summed E-state index contributed by atoms with van der Waals surface area (Å²) < 4.78 is 0. The summed E-state index contributed by atoms with van der Waals surface area (Å²) in [5.74, 6) is 1.05. The van der Waals surface area contributed by atoms with E-state index >= 15 is 0 Å². The lowest BCUT2D eigenvalue weighted by molar-refractivity contribution is 0.719. The predicted molar refractivity (Wildman–Crippen MR) is 80.2 cm³/mol. The van der Waals surface area contributed by atoms with Crippen LogP contribution in [0.1, 0.15) is 18.1 Å². The van der Waals surface area contributed by atoms with Crippen LogP contribution >= 0.6 is 0 Å². The molecule has 1 N–H and O–H groups in total. The molecule has 0 bridgehead atoms. The monoisotopic (exact) mass is 255 g/mol. The van der Waals surface area contributed by atoms with Crippen LogP contribution in [0, 0.1) is 0 Å². The second-order valence-corrected chi connectivity index (χ2v) is 4.61. The Morgan fingerprint density at radius 2 is 1.89 bits per heavy atom. The molecule has 1 aromatic carbocycles. The van der Waals surface area contributed by atoms with E-state index in [2.05, 4.69) is 59.5 Å². The Kier molecular flexibility index (Phi) is 4.93. The second kappa shape index (κ2) is 6.90. The molecule has 0 atom stereocenters. The first-order valence-corrected chi connectivity index (χ1v) is 6.71. The third-order valence-electron chi connectivity index (χ3n) is 3.06. The predicted octanol–water partition coefficient (Wildman–Crippen LogP) is 2.83. The van der Waals surface area contributed by atoms with Crippen molar-refractivity contribution in [3.8, 4) is 0 Å². The van der Waals surface area contributed by atoms with E-state index in [9.17, 15) is 0 Å². The summed E-state index contributed by atoms with van der Waals surface area (Å²) in [4.78, 5) is 6.71. The van der Waals surface area contributed by atoms with Crippen LogP contribution in [0.4, 0.5) is 5.82 Å². The first-order chi connectivity index (χ1) is 9.31. The van der Waals surface area contributed by atoms with Crippen molar-refractivity contribution in [3.05, 3.63) is 59.8 Å². The zero-order valence-electron chi connectivity index (χ0n) is 11.6. The number of rotatable bonds is 6. The van der Waals surface area contributed by atoms with Crippen LogP contribution in [0.3, 0.4) is 0 Å². The average Bonchev–Trinajstić information content (AvgIpc) is 2.46. The van der Waals surface area contributed by atoms with Crippen molar-refractivity contribution >= 4 is 5.82 Å². The van der Waals surface area contributed by atoms with Gasteiger partial charge in [0.2, 0.25) is 0 Å². The van der Waals surface area contributed by atoms with Crippen LogP contribution < -0.4 is 10.2 Å². The first-order valence-electron chi connectivity index (χ1n) is 6.71. The van der Waals surface area contributed by atoms with E-state index in [0.717, 1.165) is 25.5 Å². The zero-order valence-corrected chi connectivity index (χ0v) is 11.6. The van der Waals surface area contributed by atoms with E-state index in [0.29, 0.717) is 0 Å². The molecule has 0 saturated heterocycles. The van der Waals surface area contributed by atoms with Crippen molar-refractivity contribution in [1.82, 2.24) is 10.3 Å². The highest BCUT2D eigenvalue weighted by Crippen LogP contribution is 2.17. The Balaban J connectivity index is 2.12. The molecule has 100 valence electrons. The molecule has 0 saturated carbocycles. The van der Waals surface area contributed by atoms with Gasteiger partial charge in [-0.15, -0.1) is 0 Å². The quantitative estimate of drug-likeness (QED) is 0.860. The van der Waals surface area contributed by atoms with Gasteiger partial charge in [0.1, 0.15) is 5.82 Å². The van der Waals surface area contributed by atoms with Gasteiger partial charge in [-0.2, -0.15) is 0 Å². The fourth-order valence-electron chi connectivity index (χ4n) is 2.10. The minimum Gasteiger partial charge on any atom is -0.355 e. The number of anilines is 1. The van der Waals surface area contributed by atoms with E-state index in [1.807, 2.05) is 18.3 Å². The number of nitrogens with zero attached hydrogens (tertiary/aromatic N) is 2. The van der Waals surface area contributed by atoms with Crippen LogP contribution in [0.2, 0.25) is 0 Å². The molecule has 2 aromatic rings. The summed E-state index contributed by atoms with van der Waals surface area (Å²) in [5, 5.41) is 3.36. The van der Waals surface area contributed by atoms with E-state index in [-0.39, 0.29) is 0 Å². The smallest absolute Gasteiger partial charge is 0.133 e. The summed E-state index contributed by atoms with van der Waals surface area (Å²) >= 11 is 0. The highest BCUT2D eigenvalue weighted by Gasteiger charge is 2.08. The van der Waals surface area contributed by atoms with Crippen molar-refractivity contribution in [2.24, 2.45) is 0 Å². The molecule has 0 aliphatic rings. The fraction of sp³-hybridized carbons (Fsp3) is 0.312. The highest BCUT2D eigenvalue weighted by atomic mass is 15.2. The van der Waals surface area contributed by atoms with Crippen LogP contribution in [0.25, 0.3) is 0 Å². The molecule has 0 aliphatic heterocycles. The summed E-state index contributed by atoms with van der Waals surface area (Å²) in [7, 11) is 2.09. The number of benzene rings is 1. The van der Waals surface area contributed by atoms with Crippen LogP contribution in [0.15, 0.2) is 48.7 Å². The molecule has 0 fully saturated rings. The van der Waals surface area contributed by atoms with E-state index < -0.39 is 0 Å². The molecule has 1 aromatic heterocycles. The SMILES string of the molecule is CCNCc1cccnc1N(C)Cc1ccccc1. The van der Waals surface area contributed by atoms with Crippen molar-refractivity contribution in [2.75, 3.05) is 18.5 Å². The number of hydrogen-bond acceptors (Lipinski definition) is 3. The lowest BCUT2D eigenvalue weighted by Crippen LogP contribution is -2.21. The van der Waals surface area contributed by atoms with Crippen LogP contribution in [-0.2, 0) is 13.1 Å². The van der Waals surface area contributed by atoms with Gasteiger partial charge in [-0.1, -0.05) is 43.3 Å². The molecule has 0 unspecified atom stereocenters. The summed E-state index contributed by atoms with van der Waals surface area (Å²) in [6, 6.07) is 14.6. The maximum absolute atomic E-state index is 4.51. The Morgan fingerprint density at radius 3 is 2.63 bits per heavy atom. The number of hydrogen-bond donors (Lipinski definition) is 1. The first kappa shape index (κ1) is 13.6. The van der Waals surface area contributed by atoms with E-state index in [1.165, 1.54) is 11.1 Å². The maximum atomic E-state index is 4.51. The van der Waals surface area contributed by atoms with Crippen molar-refractivity contribution in [1.29, 1.82) is 0 Å². The minimum atomic E-state index is 0.860. The largest absolute Gasteiger partial charge is 0.355 e. The molecular formula is C16H21N3. The third-order valence-corrected chi connectivity index (χ3v) is 3.06. The van der Waals surface area contributed by atoms with Gasteiger partial charge in [0.25, 0.3) is 0 Å². The molecule has 19 heavy (non-hydrogen) atoms. The highest BCUT2D eigenvalue weighted by molar-refractivity contribution is 5.46. The normalized spacial score (nSPS) is 10.4. The number of nitrogens with one attached hydrogen (secondary N) is 1. The molecule has 1 heterocycles. The van der Waals surface area contributed by atoms with Gasteiger partial charge in [-0.3, -0.25) is 0 Å². The number of pyridine rings is 1. The van der Waals surface area contributed by atoms with Gasteiger partial charge in [0, 0.05) is 31.9 Å². The Hall–Kier alpha value is -1.87. The van der Waals surface area contributed by atoms with Crippen molar-refractivity contribution in [2.45, 2.75) is 20.0 Å². The molecule has 0 radical (unpaired) electrons. The van der Waals surface area contributed by atoms with Gasteiger partial charge in [-0.05, 0) is 18.2 Å². The Labute approximate surface area is 115 Å². The van der Waals surface area contributed by atoms with Gasteiger partial charge in [-0.25, -0.2) is 4.98 Å². The van der Waals surface area contributed by atoms with Crippen molar-refractivity contribution < 1.29 is 0 Å². The lowest BCUT2D eigenvalue weighted by atomic mass is 10.2. The maximum Gasteiger partial charge on any atom is 0.133 e. The van der Waals surface area contributed by atoms with Gasteiger partial charge in [0.15, 0.2) is 0 Å². The number of aromatic nitrogens is 1. The van der Waals surface area contributed by atoms with E-state index in [1.54, 1.807) is 0 Å². The third kappa shape index (κ3) is 3.80. The molecule has 3 nitrogen and oxygen atoms in total. The minimum absolute atomic E-state index is 0.860. The van der Waals surface area contributed by atoms with Gasteiger partial charge in [0.05, 0.1) is 0 Å². The van der Waals surface area contributed by atoms with Crippen LogP contribution in [-0.4, -0.2) is 18.6 Å². The van der Waals surface area contributed by atoms with Gasteiger partial charge < -0.3 is 10.2 Å². The van der Waals surface area contributed by atoms with E-state index in [4.69, 9.17) is 0 Å². The molecule has 0 aliphatic carbocycles. The zero-order chi connectivity index (χ0) is 13.5. The molecule has 3 heteroatoms. The fourth-order valence-corrected chi connectivity index (χ4v) is 2.10. The lowest BCUT2D eigenvalue weighted by Gasteiger charge is -2.21.